The van der Waals surface area contributed by atoms with Crippen molar-refractivity contribution in [3.63, 3.8) is 0 Å². The van der Waals surface area contributed by atoms with Crippen LogP contribution in [-0.2, 0) is 9.59 Å². The van der Waals surface area contributed by atoms with Gasteiger partial charge >= 0.3 is 0 Å². The first-order chi connectivity index (χ1) is 13.9. The predicted octanol–water partition coefficient (Wildman–Crippen LogP) is 2.58. The molecule has 2 N–H and O–H groups in total. The lowest BCUT2D eigenvalue weighted by Crippen LogP contribution is -2.30. The molecule has 0 saturated carbocycles. The van der Waals surface area contributed by atoms with Crippen LogP contribution in [0.4, 0.5) is 5.69 Å². The number of amides is 4. The quantitative estimate of drug-likeness (QED) is 0.664. The molecule has 0 radical (unpaired) electrons. The number of amidine groups is 1. The van der Waals surface area contributed by atoms with E-state index in [-0.39, 0.29) is 28.6 Å². The Morgan fingerprint density at radius 3 is 2.31 bits per heavy atom. The molecule has 0 bridgehead atoms. The van der Waals surface area contributed by atoms with Gasteiger partial charge in [-0.25, -0.2) is 0 Å². The van der Waals surface area contributed by atoms with Crippen molar-refractivity contribution >= 4 is 62.2 Å². The Morgan fingerprint density at radius 2 is 1.69 bits per heavy atom. The second kappa shape index (κ2) is 7.80. The molecule has 4 rings (SSSR count). The zero-order valence-corrected chi connectivity index (χ0v) is 17.1. The Morgan fingerprint density at radius 1 is 1.07 bits per heavy atom. The van der Waals surface area contributed by atoms with Gasteiger partial charge < -0.3 is 10.6 Å². The minimum absolute atomic E-state index is 0.0757. The highest BCUT2D eigenvalue weighted by molar-refractivity contribution is 9.10. The van der Waals surface area contributed by atoms with E-state index in [0.29, 0.717) is 5.69 Å². The number of halogens is 1. The number of anilines is 1. The molecule has 4 amide bonds. The van der Waals surface area contributed by atoms with E-state index >= 15 is 0 Å². The maximum Gasteiger partial charge on any atom is 0.282 e. The van der Waals surface area contributed by atoms with Gasteiger partial charge in [0, 0.05) is 16.6 Å². The van der Waals surface area contributed by atoms with Gasteiger partial charge in [0.25, 0.3) is 11.8 Å². The summed E-state index contributed by atoms with van der Waals surface area (Å²) in [5.41, 5.74) is 1.14. The summed E-state index contributed by atoms with van der Waals surface area (Å²) in [6.45, 7) is 0. The van der Waals surface area contributed by atoms with Crippen LogP contribution in [0.2, 0.25) is 0 Å². The first-order valence-corrected chi connectivity index (χ1v) is 10.2. The van der Waals surface area contributed by atoms with Crippen molar-refractivity contribution in [2.45, 2.75) is 11.7 Å². The van der Waals surface area contributed by atoms with Gasteiger partial charge in [0.1, 0.15) is 5.25 Å². The van der Waals surface area contributed by atoms with Crippen molar-refractivity contribution in [1.82, 2.24) is 10.3 Å². The number of fused-ring (bicyclic) bond motifs is 1. The first kappa shape index (κ1) is 19.3. The summed E-state index contributed by atoms with van der Waals surface area (Å²) in [6.07, 6.45) is -0.0757. The lowest BCUT2D eigenvalue weighted by atomic mass is 10.1. The number of nitrogens with zero attached hydrogens (tertiary/aromatic N) is 2. The molecule has 1 atom stereocenters. The molecule has 2 aromatic rings. The van der Waals surface area contributed by atoms with Gasteiger partial charge in [-0.3, -0.25) is 19.2 Å². The van der Waals surface area contributed by atoms with Gasteiger partial charge in [-0.2, -0.15) is 5.01 Å². The minimum atomic E-state index is -0.709. The molecule has 1 fully saturated rings. The molecule has 2 aliphatic heterocycles. The summed E-state index contributed by atoms with van der Waals surface area (Å²) < 4.78 is 0.884. The van der Waals surface area contributed by atoms with Crippen LogP contribution in [0.1, 0.15) is 27.1 Å². The van der Waals surface area contributed by atoms with E-state index in [4.69, 9.17) is 0 Å². The third-order valence-electron chi connectivity index (χ3n) is 4.24. The lowest BCUT2D eigenvalue weighted by Gasteiger charge is -2.08. The minimum Gasteiger partial charge on any atom is -0.326 e. The van der Waals surface area contributed by atoms with Crippen molar-refractivity contribution in [2.24, 2.45) is 5.10 Å². The van der Waals surface area contributed by atoms with E-state index in [9.17, 15) is 19.2 Å². The lowest BCUT2D eigenvalue weighted by molar-refractivity contribution is -0.122. The second-order valence-electron chi connectivity index (χ2n) is 6.23. The van der Waals surface area contributed by atoms with Gasteiger partial charge in [-0.1, -0.05) is 39.8 Å². The maximum atomic E-state index is 12.4. The van der Waals surface area contributed by atoms with Crippen molar-refractivity contribution in [2.75, 3.05) is 5.32 Å². The molecule has 29 heavy (non-hydrogen) atoms. The number of imide groups is 1. The highest BCUT2D eigenvalue weighted by Gasteiger charge is 2.38. The molecule has 2 aromatic carbocycles. The van der Waals surface area contributed by atoms with Gasteiger partial charge in [0.2, 0.25) is 11.8 Å². The van der Waals surface area contributed by atoms with E-state index in [0.717, 1.165) is 21.2 Å². The Kier molecular flexibility index (Phi) is 5.20. The normalized spacial score (nSPS) is 19.5. The summed E-state index contributed by atoms with van der Waals surface area (Å²) in [5.74, 6) is -1.84. The van der Waals surface area contributed by atoms with Gasteiger partial charge in [0.15, 0.2) is 5.17 Å². The summed E-state index contributed by atoms with van der Waals surface area (Å²) in [6, 6.07) is 13.5. The van der Waals surface area contributed by atoms with Crippen LogP contribution in [0.25, 0.3) is 0 Å². The fraction of sp³-hybridized carbons (Fsp3) is 0.105. The number of hydrogen-bond donors (Lipinski definition) is 2. The smallest absolute Gasteiger partial charge is 0.282 e. The number of rotatable bonds is 4. The van der Waals surface area contributed by atoms with Gasteiger partial charge in [0.05, 0.1) is 11.1 Å². The monoisotopic (exact) mass is 472 g/mol. The largest absolute Gasteiger partial charge is 0.326 e. The standard InChI is InChI=1S/C19H13BrN4O4S/c20-10-5-7-11(8-6-10)21-15(25)9-14-16(26)22-19(29-14)23-24-17(27)12-3-1-2-4-13(12)18(24)28/h1-8,14H,9H2,(H,21,25)(H,22,23,26). The predicted molar refractivity (Wildman–Crippen MR) is 111 cm³/mol. The molecular formula is C19H13BrN4O4S. The van der Waals surface area contributed by atoms with E-state index in [1.54, 1.807) is 48.5 Å². The van der Waals surface area contributed by atoms with Crippen LogP contribution in [0.5, 0.6) is 0 Å². The number of hydrogen-bond acceptors (Lipinski definition) is 6. The zero-order chi connectivity index (χ0) is 20.5. The fourth-order valence-electron chi connectivity index (χ4n) is 2.86. The van der Waals surface area contributed by atoms with Crippen molar-refractivity contribution < 1.29 is 19.2 Å². The Balaban J connectivity index is 1.42. The Hall–Kier alpha value is -2.98. The van der Waals surface area contributed by atoms with E-state index in [2.05, 4.69) is 31.7 Å². The average molecular weight is 473 g/mol. The maximum absolute atomic E-state index is 12.4. The van der Waals surface area contributed by atoms with E-state index in [1.165, 1.54) is 0 Å². The van der Waals surface area contributed by atoms with Crippen LogP contribution < -0.4 is 10.6 Å². The third kappa shape index (κ3) is 3.94. The molecular weight excluding hydrogens is 460 g/mol. The van der Waals surface area contributed by atoms with E-state index < -0.39 is 23.0 Å². The molecule has 8 nitrogen and oxygen atoms in total. The summed E-state index contributed by atoms with van der Waals surface area (Å²) >= 11 is 4.32. The number of benzene rings is 2. The SMILES string of the molecule is O=C(CC1S/C(=N\N2C(=O)c3ccccc3C2=O)NC1=O)Nc1ccc(Br)cc1. The molecule has 0 aromatic heterocycles. The highest BCUT2D eigenvalue weighted by atomic mass is 79.9. The topological polar surface area (TPSA) is 108 Å². The van der Waals surface area contributed by atoms with Gasteiger partial charge in [-0.05, 0) is 36.4 Å². The zero-order valence-electron chi connectivity index (χ0n) is 14.7. The van der Waals surface area contributed by atoms with Crippen molar-refractivity contribution in [1.29, 1.82) is 0 Å². The molecule has 2 heterocycles. The van der Waals surface area contributed by atoms with Crippen LogP contribution in [0.3, 0.4) is 0 Å². The average Bonchev–Trinajstić information content (AvgIpc) is 3.16. The molecule has 10 heteroatoms. The Labute approximate surface area is 177 Å². The second-order valence-corrected chi connectivity index (χ2v) is 8.33. The van der Waals surface area contributed by atoms with Crippen LogP contribution >= 0.6 is 27.7 Å². The van der Waals surface area contributed by atoms with Gasteiger partial charge in [-0.15, -0.1) is 5.10 Å². The van der Waals surface area contributed by atoms with Crippen molar-refractivity contribution in [3.8, 4) is 0 Å². The number of carbonyl (C=O) groups is 4. The first-order valence-electron chi connectivity index (χ1n) is 8.52. The van der Waals surface area contributed by atoms with Crippen LogP contribution in [-0.4, -0.2) is 39.1 Å². The third-order valence-corrected chi connectivity index (χ3v) is 5.84. The molecule has 146 valence electrons. The molecule has 0 aliphatic carbocycles. The molecule has 0 spiro atoms. The number of nitrogens with one attached hydrogen (secondary N) is 2. The van der Waals surface area contributed by atoms with Crippen LogP contribution in [0, 0.1) is 0 Å². The summed E-state index contributed by atoms with van der Waals surface area (Å²) in [7, 11) is 0. The Bertz CT molecular complexity index is 1040. The van der Waals surface area contributed by atoms with Crippen LogP contribution in [0.15, 0.2) is 58.1 Å². The summed E-state index contributed by atoms with van der Waals surface area (Å²) in [5, 5.41) is 9.36. The van der Waals surface area contributed by atoms with Crippen molar-refractivity contribution in [3.05, 3.63) is 64.1 Å². The molecule has 1 unspecified atom stereocenters. The molecule has 2 aliphatic rings. The molecule has 1 saturated heterocycles. The highest BCUT2D eigenvalue weighted by Crippen LogP contribution is 2.27. The fourth-order valence-corrected chi connectivity index (χ4v) is 4.08. The number of thioether (sulfide) groups is 1. The number of carbonyl (C=O) groups excluding carboxylic acids is 4. The van der Waals surface area contributed by atoms with E-state index in [1.807, 2.05) is 0 Å². The number of hydrazone groups is 1. The summed E-state index contributed by atoms with van der Waals surface area (Å²) in [4.78, 5) is 49.2.